The molecule has 6 atom stereocenters. The predicted molar refractivity (Wildman–Crippen MR) is 321 cm³/mol. The third kappa shape index (κ3) is 55.7. The van der Waals surface area contributed by atoms with Gasteiger partial charge in [0.25, 0.3) is 0 Å². The fourth-order valence-electron chi connectivity index (χ4n) is 9.15. The van der Waals surface area contributed by atoms with Crippen LogP contribution in [0.15, 0.2) is 0 Å². The summed E-state index contributed by atoms with van der Waals surface area (Å²) in [6, 6.07) is 0. The van der Waals surface area contributed by atoms with E-state index >= 15 is 0 Å². The van der Waals surface area contributed by atoms with Crippen molar-refractivity contribution in [2.75, 3.05) is 39.6 Å². The van der Waals surface area contributed by atoms with Crippen LogP contribution >= 0.6 is 15.6 Å². The Morgan fingerprint density at radius 3 is 0.938 bits per heavy atom. The molecule has 0 bridgehead atoms. The van der Waals surface area contributed by atoms with Crippen molar-refractivity contribution in [1.29, 1.82) is 0 Å². The lowest BCUT2D eigenvalue weighted by molar-refractivity contribution is -0.161. The number of carbonyl (C=O) groups is 4. The van der Waals surface area contributed by atoms with Crippen molar-refractivity contribution in [3.63, 3.8) is 0 Å². The number of esters is 4. The molecule has 81 heavy (non-hydrogen) atoms. The van der Waals surface area contributed by atoms with Crippen molar-refractivity contribution in [3.05, 3.63) is 0 Å². The molecule has 0 aliphatic rings. The highest BCUT2D eigenvalue weighted by atomic mass is 31.2. The molecule has 0 radical (unpaired) electrons. The molecule has 0 aromatic rings. The van der Waals surface area contributed by atoms with E-state index in [1.54, 1.807) is 0 Å². The zero-order valence-electron chi connectivity index (χ0n) is 52.1. The van der Waals surface area contributed by atoms with Crippen LogP contribution in [0.2, 0.25) is 0 Å². The molecule has 0 amide bonds. The van der Waals surface area contributed by atoms with Gasteiger partial charge in [0.2, 0.25) is 0 Å². The lowest BCUT2D eigenvalue weighted by Crippen LogP contribution is -2.30. The lowest BCUT2D eigenvalue weighted by atomic mass is 10.00. The summed E-state index contributed by atoms with van der Waals surface area (Å²) in [7, 11) is -9.88. The van der Waals surface area contributed by atoms with Gasteiger partial charge in [0.05, 0.1) is 26.4 Å². The highest BCUT2D eigenvalue weighted by Crippen LogP contribution is 2.45. The SMILES string of the molecule is CCCCCCCCCCCCCCC(=O)O[C@H](COC(=O)CCCCCCCCCC(C)C)COP(=O)(O)OC[C@@H](O)COP(=O)(O)OC[C@@H](COC(=O)CCCCCCCCCCC)OC(=O)CCCCCCCCC(C)CC. The smallest absolute Gasteiger partial charge is 0.462 e. The molecule has 0 saturated heterocycles. The minimum atomic E-state index is -4.94. The maximum Gasteiger partial charge on any atom is 0.472 e. The number of phosphoric ester groups is 2. The van der Waals surface area contributed by atoms with Gasteiger partial charge in [0.15, 0.2) is 12.2 Å². The standard InChI is InChI=1S/C62H120O17P2/c1-7-10-12-14-16-18-19-20-22-26-34-40-46-61(66)78-57(50-73-60(65)45-39-33-27-23-24-30-36-42-54(4)5)52-76-80(68,69)74-48-56(63)49-75-81(70,71)77-53-58(51-72-59(64)44-38-32-25-21-17-15-13-11-8-2)79-62(67)47-41-35-29-28-31-37-43-55(6)9-3/h54-58,63H,7-53H2,1-6H3,(H,68,69)(H,70,71)/t55?,56-,57-,58-/m1/s1. The molecule has 0 aromatic heterocycles. The summed E-state index contributed by atoms with van der Waals surface area (Å²) in [4.78, 5) is 72.1. The van der Waals surface area contributed by atoms with E-state index in [1.807, 2.05) is 0 Å². The van der Waals surface area contributed by atoms with E-state index in [-0.39, 0.29) is 25.7 Å². The first-order valence-corrected chi connectivity index (χ1v) is 35.5. The third-order valence-electron chi connectivity index (χ3n) is 14.6. The Labute approximate surface area is 492 Å². The van der Waals surface area contributed by atoms with E-state index in [1.165, 1.54) is 116 Å². The van der Waals surface area contributed by atoms with Gasteiger partial charge in [-0.25, -0.2) is 9.13 Å². The van der Waals surface area contributed by atoms with Crippen LogP contribution in [-0.2, 0) is 65.4 Å². The second-order valence-electron chi connectivity index (χ2n) is 23.2. The average Bonchev–Trinajstić information content (AvgIpc) is 3.43. The van der Waals surface area contributed by atoms with E-state index in [0.29, 0.717) is 31.6 Å². The molecule has 480 valence electrons. The molecule has 0 aliphatic heterocycles. The van der Waals surface area contributed by atoms with E-state index in [4.69, 9.17) is 37.0 Å². The number of rotatable bonds is 61. The molecule has 0 heterocycles. The Hall–Kier alpha value is -1.94. The first-order chi connectivity index (χ1) is 38.9. The van der Waals surface area contributed by atoms with Gasteiger partial charge in [0.1, 0.15) is 19.3 Å². The second-order valence-corrected chi connectivity index (χ2v) is 26.1. The van der Waals surface area contributed by atoms with Gasteiger partial charge in [-0.2, -0.15) is 0 Å². The molecule has 17 nitrogen and oxygen atoms in total. The van der Waals surface area contributed by atoms with Crippen molar-refractivity contribution < 1.29 is 80.2 Å². The Kier molecular flexibility index (Phi) is 53.4. The van der Waals surface area contributed by atoms with Crippen LogP contribution < -0.4 is 0 Å². The number of unbranched alkanes of at least 4 members (excludes halogenated alkanes) is 30. The molecule has 0 aromatic carbocycles. The van der Waals surface area contributed by atoms with Gasteiger partial charge in [-0.15, -0.1) is 0 Å². The molecule has 19 heteroatoms. The summed E-state index contributed by atoms with van der Waals surface area (Å²) in [5.41, 5.74) is 0. The van der Waals surface area contributed by atoms with Gasteiger partial charge in [-0.1, -0.05) is 253 Å². The van der Waals surface area contributed by atoms with Gasteiger partial charge in [-0.3, -0.25) is 37.3 Å². The van der Waals surface area contributed by atoms with Crippen LogP contribution in [0.25, 0.3) is 0 Å². The first-order valence-electron chi connectivity index (χ1n) is 32.5. The number of phosphoric acid groups is 2. The van der Waals surface area contributed by atoms with Gasteiger partial charge in [0, 0.05) is 25.7 Å². The van der Waals surface area contributed by atoms with Crippen LogP contribution in [0.1, 0.15) is 305 Å². The summed E-state index contributed by atoms with van der Waals surface area (Å²) in [5, 5.41) is 10.5. The Balaban J connectivity index is 5.24. The predicted octanol–water partition coefficient (Wildman–Crippen LogP) is 16.9. The lowest BCUT2D eigenvalue weighted by Gasteiger charge is -2.21. The number of hydrogen-bond acceptors (Lipinski definition) is 15. The first kappa shape index (κ1) is 79.1. The van der Waals surface area contributed by atoms with Crippen LogP contribution in [0.4, 0.5) is 0 Å². The molecule has 0 spiro atoms. The fourth-order valence-corrected chi connectivity index (χ4v) is 10.7. The molecule has 0 fully saturated rings. The topological polar surface area (TPSA) is 237 Å². The van der Waals surface area contributed by atoms with E-state index < -0.39 is 97.5 Å². The number of aliphatic hydroxyl groups is 1. The van der Waals surface area contributed by atoms with E-state index in [2.05, 4.69) is 41.5 Å². The summed E-state index contributed by atoms with van der Waals surface area (Å²) in [5.74, 6) is -0.714. The monoisotopic (exact) mass is 1200 g/mol. The molecule has 3 N–H and O–H groups in total. The van der Waals surface area contributed by atoms with Gasteiger partial charge < -0.3 is 33.8 Å². The zero-order valence-corrected chi connectivity index (χ0v) is 53.9. The maximum absolute atomic E-state index is 12.9. The molecular formula is C62H120O17P2. The highest BCUT2D eigenvalue weighted by Gasteiger charge is 2.30. The molecule has 0 rings (SSSR count). The van der Waals surface area contributed by atoms with Crippen LogP contribution in [0.3, 0.4) is 0 Å². The van der Waals surface area contributed by atoms with Crippen molar-refractivity contribution in [1.82, 2.24) is 0 Å². The molecule has 0 saturated carbocycles. The maximum atomic E-state index is 12.9. The second kappa shape index (κ2) is 54.7. The third-order valence-corrected chi connectivity index (χ3v) is 16.5. The number of hydrogen-bond donors (Lipinski definition) is 3. The Morgan fingerprint density at radius 2 is 0.630 bits per heavy atom. The summed E-state index contributed by atoms with van der Waals surface area (Å²) in [6.45, 7) is 9.36. The summed E-state index contributed by atoms with van der Waals surface area (Å²) < 4.78 is 67.9. The van der Waals surface area contributed by atoms with Crippen LogP contribution in [-0.4, -0.2) is 96.7 Å². The van der Waals surface area contributed by atoms with E-state index in [0.717, 1.165) is 102 Å². The van der Waals surface area contributed by atoms with Crippen molar-refractivity contribution in [3.8, 4) is 0 Å². The largest absolute Gasteiger partial charge is 0.472 e. The Bertz CT molecular complexity index is 1600. The molecular weight excluding hydrogens is 1080 g/mol. The van der Waals surface area contributed by atoms with Crippen LogP contribution in [0, 0.1) is 11.8 Å². The van der Waals surface area contributed by atoms with Crippen molar-refractivity contribution in [2.45, 2.75) is 323 Å². The van der Waals surface area contributed by atoms with Crippen LogP contribution in [0.5, 0.6) is 0 Å². The molecule has 0 aliphatic carbocycles. The Morgan fingerprint density at radius 1 is 0.358 bits per heavy atom. The number of aliphatic hydroxyl groups excluding tert-OH is 1. The summed E-state index contributed by atoms with van der Waals surface area (Å²) in [6.07, 6.45) is 36.2. The number of ether oxygens (including phenoxy) is 4. The quantitative estimate of drug-likeness (QED) is 0.0222. The minimum absolute atomic E-state index is 0.103. The zero-order chi connectivity index (χ0) is 60.1. The highest BCUT2D eigenvalue weighted by molar-refractivity contribution is 7.47. The van der Waals surface area contributed by atoms with Crippen molar-refractivity contribution >= 4 is 39.5 Å². The fraction of sp³-hybridized carbons (Fsp3) is 0.935. The van der Waals surface area contributed by atoms with Gasteiger partial charge in [-0.05, 0) is 37.5 Å². The van der Waals surface area contributed by atoms with E-state index in [9.17, 15) is 43.2 Å². The van der Waals surface area contributed by atoms with Crippen molar-refractivity contribution in [2.24, 2.45) is 11.8 Å². The number of carbonyl (C=O) groups excluding carboxylic acids is 4. The normalized spacial score (nSPS) is 14.7. The minimum Gasteiger partial charge on any atom is -0.462 e. The summed E-state index contributed by atoms with van der Waals surface area (Å²) >= 11 is 0. The average molecular weight is 1200 g/mol. The molecule has 3 unspecified atom stereocenters. The van der Waals surface area contributed by atoms with Gasteiger partial charge >= 0.3 is 39.5 Å².